The van der Waals surface area contributed by atoms with Gasteiger partial charge in [0, 0.05) is 24.6 Å². The fraction of sp³-hybridized carbons (Fsp3) is 0.208. The van der Waals surface area contributed by atoms with Gasteiger partial charge in [0.05, 0.1) is 30.3 Å². The minimum Gasteiger partial charge on any atom is -0.480 e. The highest BCUT2D eigenvalue weighted by Gasteiger charge is 2.31. The number of benzene rings is 1. The van der Waals surface area contributed by atoms with Crippen LogP contribution in [0, 0.1) is 12.7 Å². The van der Waals surface area contributed by atoms with E-state index in [4.69, 9.17) is 4.74 Å². The average Bonchev–Trinajstić information content (AvgIpc) is 3.23. The molecular weight excluding hydrogens is 496 g/mol. The monoisotopic (exact) mass is 516 g/mol. The van der Waals surface area contributed by atoms with E-state index in [0.717, 1.165) is 0 Å². The number of nitrogens with zero attached hydrogens (tertiary/aromatic N) is 4. The number of hydrogen-bond acceptors (Lipinski definition) is 6. The third-order valence-corrected chi connectivity index (χ3v) is 5.33. The third-order valence-electron chi connectivity index (χ3n) is 5.33. The first-order valence-electron chi connectivity index (χ1n) is 10.8. The third kappa shape index (κ3) is 5.50. The van der Waals surface area contributed by atoms with Crippen molar-refractivity contribution in [2.24, 2.45) is 0 Å². The molecule has 0 aliphatic rings. The Labute approximate surface area is 207 Å². The molecule has 9 nitrogen and oxygen atoms in total. The van der Waals surface area contributed by atoms with Crippen molar-refractivity contribution in [2.75, 3.05) is 12.4 Å². The Bertz CT molecular complexity index is 1520. The predicted molar refractivity (Wildman–Crippen MR) is 124 cm³/mol. The van der Waals surface area contributed by atoms with Gasteiger partial charge in [-0.3, -0.25) is 9.59 Å². The number of fused-ring (bicyclic) bond motifs is 1. The van der Waals surface area contributed by atoms with Crippen molar-refractivity contribution in [1.29, 1.82) is 0 Å². The van der Waals surface area contributed by atoms with Crippen LogP contribution in [0.3, 0.4) is 0 Å². The van der Waals surface area contributed by atoms with Gasteiger partial charge in [0.25, 0.3) is 5.91 Å². The summed E-state index contributed by atoms with van der Waals surface area (Å²) in [4.78, 5) is 32.8. The summed E-state index contributed by atoms with van der Waals surface area (Å²) in [6, 6.07) is 6.75. The molecule has 0 spiro atoms. The van der Waals surface area contributed by atoms with Crippen LogP contribution in [0.4, 0.5) is 23.4 Å². The molecule has 3 heterocycles. The highest BCUT2D eigenvalue weighted by Crippen LogP contribution is 2.31. The summed E-state index contributed by atoms with van der Waals surface area (Å²) in [6.07, 6.45) is -3.14. The van der Waals surface area contributed by atoms with Gasteiger partial charge in [0.2, 0.25) is 11.8 Å². The number of pyridine rings is 1. The number of hydrogen-bond donors (Lipinski definition) is 2. The number of aryl methyl sites for hydroxylation is 1. The van der Waals surface area contributed by atoms with Crippen LogP contribution in [0.5, 0.6) is 5.88 Å². The zero-order valence-electron chi connectivity index (χ0n) is 19.8. The van der Waals surface area contributed by atoms with E-state index in [9.17, 15) is 27.2 Å². The molecule has 2 N–H and O–H groups in total. The second-order valence-corrected chi connectivity index (χ2v) is 7.99. The number of rotatable bonds is 6. The molecule has 3 aromatic heterocycles. The zero-order chi connectivity index (χ0) is 26.9. The molecule has 2 amide bonds. The van der Waals surface area contributed by atoms with E-state index >= 15 is 0 Å². The number of nitrogens with one attached hydrogen (secondary N) is 2. The molecule has 0 saturated heterocycles. The minimum absolute atomic E-state index is 0.0260. The van der Waals surface area contributed by atoms with Gasteiger partial charge in [-0.25, -0.2) is 18.9 Å². The van der Waals surface area contributed by atoms with E-state index in [1.54, 1.807) is 19.1 Å². The minimum atomic E-state index is -4.66. The largest absolute Gasteiger partial charge is 0.480 e. The fourth-order valence-corrected chi connectivity index (χ4v) is 3.58. The number of halogens is 4. The van der Waals surface area contributed by atoms with Gasteiger partial charge >= 0.3 is 6.18 Å². The smallest absolute Gasteiger partial charge is 0.416 e. The number of carbonyl (C=O) groups excluding carboxylic acids is 2. The Kier molecular flexibility index (Phi) is 6.79. The lowest BCUT2D eigenvalue weighted by atomic mass is 10.1. The van der Waals surface area contributed by atoms with Gasteiger partial charge in [-0.15, -0.1) is 0 Å². The predicted octanol–water partition coefficient (Wildman–Crippen LogP) is 4.15. The quantitative estimate of drug-likeness (QED) is 0.373. The number of amides is 2. The van der Waals surface area contributed by atoms with Crippen molar-refractivity contribution >= 4 is 23.3 Å². The molecule has 0 bridgehead atoms. The lowest BCUT2D eigenvalue weighted by Gasteiger charge is -2.14. The standard InChI is InChI=1S/C24H20F4N6O3/c1-12-16(19-6-7-21-32-20(31-13(2)35)11-34(21)33-19)9-17(23(30-12)37-3)22(36)29-10-14-8-15(24(26,27)28)4-5-18(14)25/h4-9,11H,10H2,1-3H3,(H,29,36)(H,31,35). The second kappa shape index (κ2) is 9.84. The highest BCUT2D eigenvalue weighted by molar-refractivity contribution is 5.97. The highest BCUT2D eigenvalue weighted by atomic mass is 19.4. The Hall–Kier alpha value is -4.55. The van der Waals surface area contributed by atoms with E-state index < -0.39 is 30.0 Å². The molecule has 4 rings (SSSR count). The lowest BCUT2D eigenvalue weighted by molar-refractivity contribution is -0.137. The van der Waals surface area contributed by atoms with Crippen LogP contribution in [0.2, 0.25) is 0 Å². The molecule has 0 radical (unpaired) electrons. The van der Waals surface area contributed by atoms with Crippen molar-refractivity contribution < 1.29 is 31.9 Å². The van der Waals surface area contributed by atoms with Gasteiger partial charge in [-0.1, -0.05) is 0 Å². The summed E-state index contributed by atoms with van der Waals surface area (Å²) >= 11 is 0. The molecule has 0 aliphatic carbocycles. The Morgan fingerprint density at radius 1 is 1.11 bits per heavy atom. The van der Waals surface area contributed by atoms with E-state index in [1.807, 2.05) is 0 Å². The molecule has 0 fully saturated rings. The number of alkyl halides is 3. The van der Waals surface area contributed by atoms with Crippen molar-refractivity contribution in [3.63, 3.8) is 0 Å². The zero-order valence-corrected chi connectivity index (χ0v) is 19.8. The molecular formula is C24H20F4N6O3. The van der Waals surface area contributed by atoms with Crippen LogP contribution in [-0.4, -0.2) is 38.5 Å². The molecule has 1 aromatic carbocycles. The number of aromatic nitrogens is 4. The topological polar surface area (TPSA) is 111 Å². The van der Waals surface area contributed by atoms with Crippen molar-refractivity contribution in [2.45, 2.75) is 26.6 Å². The first-order valence-corrected chi connectivity index (χ1v) is 10.8. The SMILES string of the molecule is COc1nc(C)c(-c2ccc3nc(NC(C)=O)cn3n2)cc1C(=O)NCc1cc(C(F)(F)F)ccc1F. The summed E-state index contributed by atoms with van der Waals surface area (Å²) in [7, 11) is 1.31. The van der Waals surface area contributed by atoms with E-state index in [2.05, 4.69) is 25.7 Å². The summed E-state index contributed by atoms with van der Waals surface area (Å²) in [6.45, 7) is 2.54. The summed E-state index contributed by atoms with van der Waals surface area (Å²) in [5, 5.41) is 9.44. The Morgan fingerprint density at radius 2 is 1.86 bits per heavy atom. The van der Waals surface area contributed by atoms with Crippen molar-refractivity contribution in [3.05, 3.63) is 70.8 Å². The molecule has 4 aromatic rings. The number of methoxy groups -OCH3 is 1. The van der Waals surface area contributed by atoms with Gasteiger partial charge < -0.3 is 15.4 Å². The molecule has 0 atom stereocenters. The molecule has 0 aliphatic heterocycles. The molecule has 0 saturated carbocycles. The van der Waals surface area contributed by atoms with Gasteiger partial charge in [0.1, 0.15) is 11.4 Å². The van der Waals surface area contributed by atoms with Crippen LogP contribution >= 0.6 is 0 Å². The van der Waals surface area contributed by atoms with Crippen LogP contribution in [0.25, 0.3) is 16.9 Å². The summed E-state index contributed by atoms with van der Waals surface area (Å²) in [5.41, 5.74) is 0.445. The van der Waals surface area contributed by atoms with Crippen molar-refractivity contribution in [1.82, 2.24) is 24.9 Å². The van der Waals surface area contributed by atoms with E-state index in [0.29, 0.717) is 46.6 Å². The van der Waals surface area contributed by atoms with E-state index in [1.165, 1.54) is 30.8 Å². The second-order valence-electron chi connectivity index (χ2n) is 7.99. The normalized spacial score (nSPS) is 11.4. The molecule has 13 heteroatoms. The Morgan fingerprint density at radius 3 is 2.54 bits per heavy atom. The summed E-state index contributed by atoms with van der Waals surface area (Å²) in [5.74, 6) is -1.64. The molecule has 192 valence electrons. The van der Waals surface area contributed by atoms with Gasteiger partial charge in [-0.2, -0.15) is 18.3 Å². The molecule has 37 heavy (non-hydrogen) atoms. The number of imidazole rings is 1. The maximum absolute atomic E-state index is 14.1. The van der Waals surface area contributed by atoms with Crippen LogP contribution in [0.15, 0.2) is 42.6 Å². The van der Waals surface area contributed by atoms with Crippen molar-refractivity contribution in [3.8, 4) is 17.1 Å². The van der Waals surface area contributed by atoms with Gasteiger partial charge in [0.15, 0.2) is 11.5 Å². The van der Waals surface area contributed by atoms with Crippen LogP contribution in [-0.2, 0) is 17.5 Å². The molecule has 0 unspecified atom stereocenters. The number of anilines is 1. The lowest BCUT2D eigenvalue weighted by Crippen LogP contribution is -2.25. The van der Waals surface area contributed by atoms with E-state index in [-0.39, 0.29) is 22.9 Å². The first kappa shape index (κ1) is 25.5. The van der Waals surface area contributed by atoms with Gasteiger partial charge in [-0.05, 0) is 43.3 Å². The Balaban J connectivity index is 1.64. The fourth-order valence-electron chi connectivity index (χ4n) is 3.58. The number of ether oxygens (including phenoxy) is 1. The maximum atomic E-state index is 14.1. The maximum Gasteiger partial charge on any atom is 0.416 e. The first-order chi connectivity index (χ1) is 17.5. The average molecular weight is 516 g/mol. The summed E-state index contributed by atoms with van der Waals surface area (Å²) < 4.78 is 59.7. The van der Waals surface area contributed by atoms with Crippen LogP contribution in [0.1, 0.15) is 34.1 Å². The number of carbonyl (C=O) groups is 2. The van der Waals surface area contributed by atoms with Crippen LogP contribution < -0.4 is 15.4 Å².